The van der Waals surface area contributed by atoms with Crippen molar-refractivity contribution in [2.75, 3.05) is 6.54 Å². The fraction of sp³-hybridized carbons (Fsp3) is 0.300. The summed E-state index contributed by atoms with van der Waals surface area (Å²) in [6.45, 7) is 0.325. The zero-order valence-corrected chi connectivity index (χ0v) is 8.57. The second kappa shape index (κ2) is 5.79. The molecule has 0 aliphatic heterocycles. The predicted octanol–water partition coefficient (Wildman–Crippen LogP) is 0.216. The lowest BCUT2D eigenvalue weighted by Gasteiger charge is -2.03. The molecule has 0 aliphatic carbocycles. The number of rotatable bonds is 5. The van der Waals surface area contributed by atoms with Crippen LogP contribution < -0.4 is 11.1 Å². The SMILES string of the molecule is NC(=O)CCCNC(=O)c1ccnc(F)c1. The minimum Gasteiger partial charge on any atom is -0.370 e. The molecule has 6 heteroatoms. The third-order valence-electron chi connectivity index (χ3n) is 1.87. The zero-order valence-electron chi connectivity index (χ0n) is 8.57. The minimum absolute atomic E-state index is 0.201. The first-order valence-electron chi connectivity index (χ1n) is 4.77. The molecule has 0 aliphatic rings. The maximum Gasteiger partial charge on any atom is 0.251 e. The van der Waals surface area contributed by atoms with Gasteiger partial charge in [-0.25, -0.2) is 4.98 Å². The summed E-state index contributed by atoms with van der Waals surface area (Å²) in [4.78, 5) is 25.2. The van der Waals surface area contributed by atoms with E-state index in [1.807, 2.05) is 0 Å². The average Bonchev–Trinajstić information content (AvgIpc) is 2.24. The first-order chi connectivity index (χ1) is 7.59. The smallest absolute Gasteiger partial charge is 0.251 e. The first kappa shape index (κ1) is 12.1. The van der Waals surface area contributed by atoms with Crippen molar-refractivity contribution in [2.24, 2.45) is 5.73 Å². The van der Waals surface area contributed by atoms with Crippen LogP contribution in [0.4, 0.5) is 4.39 Å². The van der Waals surface area contributed by atoms with E-state index >= 15 is 0 Å². The van der Waals surface area contributed by atoms with E-state index < -0.39 is 17.8 Å². The number of carbonyl (C=O) groups excluding carboxylic acids is 2. The molecule has 0 bridgehead atoms. The Morgan fingerprint density at radius 3 is 2.88 bits per heavy atom. The molecule has 0 unspecified atom stereocenters. The summed E-state index contributed by atoms with van der Waals surface area (Å²) in [5, 5.41) is 2.54. The van der Waals surface area contributed by atoms with E-state index in [-0.39, 0.29) is 12.0 Å². The zero-order chi connectivity index (χ0) is 12.0. The highest BCUT2D eigenvalue weighted by Crippen LogP contribution is 2.00. The van der Waals surface area contributed by atoms with Gasteiger partial charge >= 0.3 is 0 Å². The van der Waals surface area contributed by atoms with E-state index in [9.17, 15) is 14.0 Å². The van der Waals surface area contributed by atoms with Crippen LogP contribution in [-0.2, 0) is 4.79 Å². The van der Waals surface area contributed by atoms with Crippen molar-refractivity contribution in [3.8, 4) is 0 Å². The molecule has 0 radical (unpaired) electrons. The van der Waals surface area contributed by atoms with Gasteiger partial charge in [0.2, 0.25) is 11.9 Å². The van der Waals surface area contributed by atoms with E-state index in [0.29, 0.717) is 13.0 Å². The Labute approximate surface area is 91.9 Å². The van der Waals surface area contributed by atoms with Crippen LogP contribution in [0.3, 0.4) is 0 Å². The fourth-order valence-electron chi connectivity index (χ4n) is 1.11. The minimum atomic E-state index is -0.704. The molecule has 0 fully saturated rings. The van der Waals surface area contributed by atoms with Crippen LogP contribution in [0.2, 0.25) is 0 Å². The van der Waals surface area contributed by atoms with Crippen LogP contribution in [0.25, 0.3) is 0 Å². The highest BCUT2D eigenvalue weighted by Gasteiger charge is 2.06. The van der Waals surface area contributed by atoms with Crippen molar-refractivity contribution >= 4 is 11.8 Å². The summed E-state index contributed by atoms with van der Waals surface area (Å²) in [6.07, 6.45) is 1.90. The Morgan fingerprint density at radius 2 is 2.25 bits per heavy atom. The molecule has 86 valence electrons. The summed E-state index contributed by atoms with van der Waals surface area (Å²) in [6, 6.07) is 2.45. The molecular weight excluding hydrogens is 213 g/mol. The lowest BCUT2D eigenvalue weighted by molar-refractivity contribution is -0.118. The molecule has 3 N–H and O–H groups in total. The number of primary amides is 1. The number of nitrogens with one attached hydrogen (secondary N) is 1. The normalized spacial score (nSPS) is 9.81. The van der Waals surface area contributed by atoms with Crippen molar-refractivity contribution in [1.29, 1.82) is 0 Å². The molecule has 2 amide bonds. The molecule has 1 rings (SSSR count). The third kappa shape index (κ3) is 4.04. The van der Waals surface area contributed by atoms with Gasteiger partial charge in [-0.05, 0) is 12.5 Å². The number of amides is 2. The molecule has 5 nitrogen and oxygen atoms in total. The van der Waals surface area contributed by atoms with Gasteiger partial charge in [0.1, 0.15) is 0 Å². The number of nitrogens with zero attached hydrogens (tertiary/aromatic N) is 1. The van der Waals surface area contributed by atoms with Gasteiger partial charge in [-0.15, -0.1) is 0 Å². The van der Waals surface area contributed by atoms with Gasteiger partial charge in [-0.2, -0.15) is 4.39 Å². The number of aromatic nitrogens is 1. The molecule has 0 saturated carbocycles. The van der Waals surface area contributed by atoms with Crippen LogP contribution in [-0.4, -0.2) is 23.3 Å². The molecule has 16 heavy (non-hydrogen) atoms. The summed E-state index contributed by atoms with van der Waals surface area (Å²) in [5.74, 6) is -1.51. The second-order valence-corrected chi connectivity index (χ2v) is 3.19. The first-order valence-corrected chi connectivity index (χ1v) is 4.77. The Kier molecular flexibility index (Phi) is 4.38. The average molecular weight is 225 g/mol. The third-order valence-corrected chi connectivity index (χ3v) is 1.87. The van der Waals surface area contributed by atoms with Crippen molar-refractivity contribution in [3.63, 3.8) is 0 Å². The topological polar surface area (TPSA) is 85.1 Å². The quantitative estimate of drug-likeness (QED) is 0.555. The molecule has 1 aromatic heterocycles. The molecule has 0 aromatic carbocycles. The van der Waals surface area contributed by atoms with E-state index in [1.54, 1.807) is 0 Å². The molecule has 1 heterocycles. The standard InChI is InChI=1S/C10H12FN3O2/c11-8-6-7(3-5-13-8)10(16)14-4-1-2-9(12)15/h3,5-6H,1-2,4H2,(H2,12,15)(H,14,16). The van der Waals surface area contributed by atoms with Crippen molar-refractivity contribution in [3.05, 3.63) is 29.8 Å². The molecular formula is C10H12FN3O2. The predicted molar refractivity (Wildman–Crippen MR) is 55.0 cm³/mol. The number of hydrogen-bond acceptors (Lipinski definition) is 3. The van der Waals surface area contributed by atoms with E-state index in [4.69, 9.17) is 5.73 Å². The molecule has 1 aromatic rings. The number of carbonyl (C=O) groups is 2. The Hall–Kier alpha value is -1.98. The number of halogens is 1. The summed E-state index contributed by atoms with van der Waals surface area (Å²) >= 11 is 0. The lowest BCUT2D eigenvalue weighted by Crippen LogP contribution is -2.25. The molecule has 0 saturated heterocycles. The van der Waals surface area contributed by atoms with Gasteiger partial charge in [-0.3, -0.25) is 9.59 Å². The van der Waals surface area contributed by atoms with Gasteiger partial charge in [0, 0.05) is 30.8 Å². The number of hydrogen-bond donors (Lipinski definition) is 2. The van der Waals surface area contributed by atoms with E-state index in [2.05, 4.69) is 10.3 Å². The van der Waals surface area contributed by atoms with Gasteiger partial charge in [0.05, 0.1) is 0 Å². The number of pyridine rings is 1. The Morgan fingerprint density at radius 1 is 1.50 bits per heavy atom. The van der Waals surface area contributed by atoms with Gasteiger partial charge in [0.25, 0.3) is 5.91 Å². The second-order valence-electron chi connectivity index (χ2n) is 3.19. The van der Waals surface area contributed by atoms with Gasteiger partial charge < -0.3 is 11.1 Å². The largest absolute Gasteiger partial charge is 0.370 e. The van der Waals surface area contributed by atoms with Crippen molar-refractivity contribution in [2.45, 2.75) is 12.8 Å². The lowest BCUT2D eigenvalue weighted by atomic mass is 10.2. The highest BCUT2D eigenvalue weighted by molar-refractivity contribution is 5.93. The monoisotopic (exact) mass is 225 g/mol. The fourth-order valence-corrected chi connectivity index (χ4v) is 1.11. The van der Waals surface area contributed by atoms with Crippen molar-refractivity contribution in [1.82, 2.24) is 10.3 Å². The van der Waals surface area contributed by atoms with Crippen LogP contribution in [0.1, 0.15) is 23.2 Å². The molecule has 0 spiro atoms. The van der Waals surface area contributed by atoms with Crippen LogP contribution >= 0.6 is 0 Å². The Bertz CT molecular complexity index is 395. The van der Waals surface area contributed by atoms with E-state index in [0.717, 1.165) is 6.07 Å². The maximum atomic E-state index is 12.7. The van der Waals surface area contributed by atoms with Crippen LogP contribution in [0, 0.1) is 5.95 Å². The highest BCUT2D eigenvalue weighted by atomic mass is 19.1. The van der Waals surface area contributed by atoms with Gasteiger partial charge in [-0.1, -0.05) is 0 Å². The molecule has 0 atom stereocenters. The van der Waals surface area contributed by atoms with Crippen molar-refractivity contribution < 1.29 is 14.0 Å². The van der Waals surface area contributed by atoms with Crippen LogP contribution in [0.15, 0.2) is 18.3 Å². The van der Waals surface area contributed by atoms with E-state index in [1.165, 1.54) is 12.3 Å². The Balaban J connectivity index is 2.38. The number of nitrogens with two attached hydrogens (primary N) is 1. The summed E-state index contributed by atoms with van der Waals surface area (Å²) < 4.78 is 12.7. The maximum absolute atomic E-state index is 12.7. The van der Waals surface area contributed by atoms with Gasteiger partial charge in [0.15, 0.2) is 0 Å². The van der Waals surface area contributed by atoms with Crippen LogP contribution in [0.5, 0.6) is 0 Å². The summed E-state index contributed by atoms with van der Waals surface area (Å²) in [5.41, 5.74) is 5.13. The summed E-state index contributed by atoms with van der Waals surface area (Å²) in [7, 11) is 0.